The first-order chi connectivity index (χ1) is 5.84. The molecule has 1 aliphatic rings. The molecule has 5 heteroatoms. The lowest BCUT2D eigenvalue weighted by atomic mass is 10.2. The Labute approximate surface area is 78.1 Å². The number of hydrogen-bond donors (Lipinski definition) is 4. The first-order valence-corrected chi connectivity index (χ1v) is 4.29. The van der Waals surface area contributed by atoms with Crippen molar-refractivity contribution in [2.24, 2.45) is 5.73 Å². The molecule has 1 aliphatic heterocycles. The molecule has 2 atom stereocenters. The smallest absolute Gasteiger partial charge is 0.156 e. The van der Waals surface area contributed by atoms with Gasteiger partial charge in [-0.15, -0.1) is 0 Å². The molecule has 5 N–H and O–H groups in total. The third kappa shape index (κ3) is 8.14. The van der Waals surface area contributed by atoms with E-state index in [2.05, 4.69) is 0 Å². The zero-order valence-corrected chi connectivity index (χ0v) is 8.10. The Balaban J connectivity index is 0.000000252. The minimum atomic E-state index is -1.50. The van der Waals surface area contributed by atoms with E-state index >= 15 is 0 Å². The lowest BCUT2D eigenvalue weighted by Crippen LogP contribution is -2.29. The number of aliphatic hydroxyl groups excluding tert-OH is 1. The van der Waals surface area contributed by atoms with E-state index in [1.165, 1.54) is 13.8 Å². The summed E-state index contributed by atoms with van der Waals surface area (Å²) in [6.07, 6.45) is 0.317. The predicted molar refractivity (Wildman–Crippen MR) is 47.9 cm³/mol. The van der Waals surface area contributed by atoms with Crippen LogP contribution in [-0.2, 0) is 4.74 Å². The standard InChI is InChI=1S/C5H11NO2.C3H8O2/c6-3-5-4(7)1-2-8-5;1-3(2,4)5/h4-5,7H,1-3,6H2;4-5H,1-2H3. The Hall–Kier alpha value is -0.200. The Morgan fingerprint density at radius 3 is 2.08 bits per heavy atom. The van der Waals surface area contributed by atoms with Gasteiger partial charge >= 0.3 is 0 Å². The van der Waals surface area contributed by atoms with Gasteiger partial charge in [0.25, 0.3) is 0 Å². The van der Waals surface area contributed by atoms with E-state index in [0.717, 1.165) is 6.42 Å². The second-order valence-electron chi connectivity index (χ2n) is 3.50. The van der Waals surface area contributed by atoms with Crippen molar-refractivity contribution in [3.05, 3.63) is 0 Å². The molecule has 0 aromatic heterocycles. The Morgan fingerprint density at radius 1 is 1.46 bits per heavy atom. The maximum absolute atomic E-state index is 8.98. The van der Waals surface area contributed by atoms with Crippen LogP contribution in [0.4, 0.5) is 0 Å². The molecule has 13 heavy (non-hydrogen) atoms. The molecule has 0 spiro atoms. The highest BCUT2D eigenvalue weighted by molar-refractivity contribution is 4.74. The molecule has 80 valence electrons. The molecular weight excluding hydrogens is 174 g/mol. The average molecular weight is 193 g/mol. The summed E-state index contributed by atoms with van der Waals surface area (Å²) in [4.78, 5) is 0. The first-order valence-electron chi connectivity index (χ1n) is 4.29. The molecule has 0 saturated carbocycles. The van der Waals surface area contributed by atoms with E-state index in [-0.39, 0.29) is 12.2 Å². The Kier molecular flexibility index (Phi) is 5.43. The van der Waals surface area contributed by atoms with Crippen LogP contribution in [0.5, 0.6) is 0 Å². The molecule has 1 fully saturated rings. The molecule has 0 aromatic carbocycles. The molecule has 0 aliphatic carbocycles. The van der Waals surface area contributed by atoms with Crippen molar-refractivity contribution in [3.8, 4) is 0 Å². The average Bonchev–Trinajstić information content (AvgIpc) is 2.31. The molecule has 0 amide bonds. The van der Waals surface area contributed by atoms with E-state index in [1.54, 1.807) is 0 Å². The number of nitrogens with two attached hydrogens (primary N) is 1. The molecule has 5 nitrogen and oxygen atoms in total. The van der Waals surface area contributed by atoms with Crippen LogP contribution < -0.4 is 5.73 Å². The molecule has 1 heterocycles. The van der Waals surface area contributed by atoms with Crippen molar-refractivity contribution < 1.29 is 20.1 Å². The monoisotopic (exact) mass is 193 g/mol. The van der Waals surface area contributed by atoms with Gasteiger partial charge in [-0.25, -0.2) is 0 Å². The number of hydrogen-bond acceptors (Lipinski definition) is 5. The van der Waals surface area contributed by atoms with Crippen molar-refractivity contribution in [3.63, 3.8) is 0 Å². The summed E-state index contributed by atoms with van der Waals surface area (Å²) >= 11 is 0. The van der Waals surface area contributed by atoms with Gasteiger partial charge in [-0.1, -0.05) is 0 Å². The number of aliphatic hydroxyl groups is 3. The third-order valence-electron chi connectivity index (χ3n) is 1.41. The summed E-state index contributed by atoms with van der Waals surface area (Å²) in [6, 6.07) is 0. The van der Waals surface area contributed by atoms with Crippen LogP contribution in [0.3, 0.4) is 0 Å². The highest BCUT2D eigenvalue weighted by atomic mass is 16.5. The molecule has 0 bridgehead atoms. The van der Waals surface area contributed by atoms with Gasteiger partial charge in [0.05, 0.1) is 12.2 Å². The SMILES string of the molecule is CC(C)(O)O.NCC1OCCC1O. The molecule has 2 unspecified atom stereocenters. The van der Waals surface area contributed by atoms with Crippen LogP contribution in [0.25, 0.3) is 0 Å². The second kappa shape index (κ2) is 5.51. The summed E-state index contributed by atoms with van der Waals surface area (Å²) < 4.78 is 5.04. The van der Waals surface area contributed by atoms with Crippen molar-refractivity contribution in [1.29, 1.82) is 0 Å². The maximum Gasteiger partial charge on any atom is 0.156 e. The number of ether oxygens (including phenoxy) is 1. The normalized spacial score (nSPS) is 28.2. The molecule has 1 rings (SSSR count). The van der Waals surface area contributed by atoms with Gasteiger partial charge in [0.15, 0.2) is 5.79 Å². The summed E-state index contributed by atoms with van der Waals surface area (Å²) in [5.41, 5.74) is 5.24. The fourth-order valence-electron chi connectivity index (χ4n) is 0.862. The van der Waals surface area contributed by atoms with Crippen LogP contribution in [0.15, 0.2) is 0 Å². The Bertz CT molecular complexity index is 129. The molecular formula is C8H19NO4. The quantitative estimate of drug-likeness (QED) is 0.392. The topological polar surface area (TPSA) is 95.9 Å². The maximum atomic E-state index is 8.98. The van der Waals surface area contributed by atoms with E-state index in [1.807, 2.05) is 0 Å². The highest BCUT2D eigenvalue weighted by Crippen LogP contribution is 2.10. The van der Waals surface area contributed by atoms with Crippen LogP contribution in [0.1, 0.15) is 20.3 Å². The highest BCUT2D eigenvalue weighted by Gasteiger charge is 2.23. The van der Waals surface area contributed by atoms with Crippen LogP contribution in [0, 0.1) is 0 Å². The van der Waals surface area contributed by atoms with Gasteiger partial charge in [0.1, 0.15) is 0 Å². The van der Waals surface area contributed by atoms with Crippen LogP contribution in [-0.4, -0.2) is 46.5 Å². The van der Waals surface area contributed by atoms with Crippen LogP contribution in [0.2, 0.25) is 0 Å². The Morgan fingerprint density at radius 2 is 1.92 bits per heavy atom. The summed E-state index contributed by atoms with van der Waals surface area (Å²) in [7, 11) is 0. The van der Waals surface area contributed by atoms with Crippen LogP contribution >= 0.6 is 0 Å². The third-order valence-corrected chi connectivity index (χ3v) is 1.41. The lowest BCUT2D eigenvalue weighted by molar-refractivity contribution is -0.127. The zero-order chi connectivity index (χ0) is 10.5. The van der Waals surface area contributed by atoms with Gasteiger partial charge in [0, 0.05) is 13.2 Å². The van der Waals surface area contributed by atoms with E-state index in [0.29, 0.717) is 13.2 Å². The van der Waals surface area contributed by atoms with Crippen molar-refractivity contribution >= 4 is 0 Å². The van der Waals surface area contributed by atoms with Gasteiger partial charge in [-0.05, 0) is 20.3 Å². The first kappa shape index (κ1) is 12.8. The van der Waals surface area contributed by atoms with Gasteiger partial charge in [0.2, 0.25) is 0 Å². The molecule has 0 aromatic rings. The molecule has 0 radical (unpaired) electrons. The number of rotatable bonds is 1. The van der Waals surface area contributed by atoms with E-state index in [4.69, 9.17) is 25.8 Å². The molecule has 1 saturated heterocycles. The minimum absolute atomic E-state index is 0.102. The fourth-order valence-corrected chi connectivity index (χ4v) is 0.862. The summed E-state index contributed by atoms with van der Waals surface area (Å²) in [6.45, 7) is 3.68. The zero-order valence-electron chi connectivity index (χ0n) is 8.10. The largest absolute Gasteiger partial charge is 0.390 e. The van der Waals surface area contributed by atoms with Crippen molar-refractivity contribution in [2.75, 3.05) is 13.2 Å². The minimum Gasteiger partial charge on any atom is -0.390 e. The van der Waals surface area contributed by atoms with Gasteiger partial charge in [-0.3, -0.25) is 0 Å². The lowest BCUT2D eigenvalue weighted by Gasteiger charge is -2.08. The van der Waals surface area contributed by atoms with Gasteiger partial charge < -0.3 is 25.8 Å². The summed E-state index contributed by atoms with van der Waals surface area (Å²) in [5, 5.41) is 25.1. The van der Waals surface area contributed by atoms with E-state index < -0.39 is 5.79 Å². The second-order valence-corrected chi connectivity index (χ2v) is 3.50. The fraction of sp³-hybridized carbons (Fsp3) is 1.00. The predicted octanol–water partition coefficient (Wildman–Crippen LogP) is -1.20. The van der Waals surface area contributed by atoms with E-state index in [9.17, 15) is 0 Å². The van der Waals surface area contributed by atoms with Gasteiger partial charge in [-0.2, -0.15) is 0 Å². The summed E-state index contributed by atoms with van der Waals surface area (Å²) in [5.74, 6) is -1.50. The van der Waals surface area contributed by atoms with Crippen molar-refractivity contribution in [2.45, 2.75) is 38.3 Å². The van der Waals surface area contributed by atoms with Crippen molar-refractivity contribution in [1.82, 2.24) is 0 Å².